The molecule has 0 aliphatic carbocycles. The zero-order valence-corrected chi connectivity index (χ0v) is 16.7. The number of hydrogen-bond donors (Lipinski definition) is 0. The molecule has 1 amide bonds. The SMILES string of the molecule is O=C(c1c(F)cccc1Cl)N1CCN(c2nc3ccc(Br)cc3s2)CC1. The number of fused-ring (bicyclic) bond motifs is 1. The monoisotopic (exact) mass is 453 g/mol. The Labute approximate surface area is 167 Å². The molecule has 134 valence electrons. The van der Waals surface area contributed by atoms with E-state index in [0.717, 1.165) is 19.8 Å². The zero-order chi connectivity index (χ0) is 18.3. The van der Waals surface area contributed by atoms with Crippen LogP contribution in [0.1, 0.15) is 10.4 Å². The highest BCUT2D eigenvalue weighted by Gasteiger charge is 2.27. The van der Waals surface area contributed by atoms with Gasteiger partial charge in [-0.05, 0) is 30.3 Å². The summed E-state index contributed by atoms with van der Waals surface area (Å²) in [7, 11) is 0. The second-order valence-corrected chi connectivity index (χ2v) is 8.32. The van der Waals surface area contributed by atoms with Crippen LogP contribution in [0.15, 0.2) is 40.9 Å². The summed E-state index contributed by atoms with van der Waals surface area (Å²) in [6.45, 7) is 2.31. The summed E-state index contributed by atoms with van der Waals surface area (Å²) in [5.41, 5.74) is 0.914. The molecule has 1 aliphatic heterocycles. The lowest BCUT2D eigenvalue weighted by atomic mass is 10.1. The summed E-state index contributed by atoms with van der Waals surface area (Å²) in [5.74, 6) is -0.942. The van der Waals surface area contributed by atoms with Gasteiger partial charge in [0.15, 0.2) is 5.13 Å². The number of benzene rings is 2. The first-order chi connectivity index (χ1) is 12.5. The molecule has 3 aromatic rings. The van der Waals surface area contributed by atoms with E-state index >= 15 is 0 Å². The highest BCUT2D eigenvalue weighted by atomic mass is 79.9. The van der Waals surface area contributed by atoms with Crippen LogP contribution in [0.4, 0.5) is 9.52 Å². The van der Waals surface area contributed by atoms with E-state index in [9.17, 15) is 9.18 Å². The fourth-order valence-corrected chi connectivity index (χ4v) is 4.80. The molecule has 4 rings (SSSR count). The molecule has 8 heteroatoms. The number of carbonyl (C=O) groups is 1. The number of aromatic nitrogens is 1. The highest BCUT2D eigenvalue weighted by molar-refractivity contribution is 9.10. The minimum atomic E-state index is -0.582. The predicted molar refractivity (Wildman–Crippen MR) is 107 cm³/mol. The Bertz CT molecular complexity index is 967. The summed E-state index contributed by atoms with van der Waals surface area (Å²) < 4.78 is 16.1. The topological polar surface area (TPSA) is 36.4 Å². The van der Waals surface area contributed by atoms with Crippen LogP contribution in [0, 0.1) is 5.82 Å². The van der Waals surface area contributed by atoms with E-state index < -0.39 is 5.82 Å². The summed E-state index contributed by atoms with van der Waals surface area (Å²) in [6.07, 6.45) is 0. The van der Waals surface area contributed by atoms with Gasteiger partial charge in [0.05, 0.1) is 20.8 Å². The number of thiazole rings is 1. The van der Waals surface area contributed by atoms with Crippen LogP contribution in [0.5, 0.6) is 0 Å². The van der Waals surface area contributed by atoms with Crippen molar-refractivity contribution in [2.45, 2.75) is 0 Å². The van der Waals surface area contributed by atoms with Gasteiger partial charge < -0.3 is 9.80 Å². The summed E-state index contributed by atoms with van der Waals surface area (Å²) in [6, 6.07) is 10.3. The molecule has 0 spiro atoms. The van der Waals surface area contributed by atoms with Gasteiger partial charge in [-0.25, -0.2) is 9.37 Å². The van der Waals surface area contributed by atoms with Gasteiger partial charge in [-0.3, -0.25) is 4.79 Å². The molecule has 0 radical (unpaired) electrons. The predicted octanol–water partition coefficient (Wildman–Crippen LogP) is 4.81. The van der Waals surface area contributed by atoms with E-state index in [-0.39, 0.29) is 16.5 Å². The Morgan fingerprint density at radius 2 is 1.96 bits per heavy atom. The second kappa shape index (κ2) is 7.13. The van der Waals surface area contributed by atoms with Gasteiger partial charge in [-0.15, -0.1) is 0 Å². The third-order valence-electron chi connectivity index (χ3n) is 4.35. The fraction of sp³-hybridized carbons (Fsp3) is 0.222. The van der Waals surface area contributed by atoms with Crippen LogP contribution >= 0.6 is 38.9 Å². The normalized spacial score (nSPS) is 14.9. The van der Waals surface area contributed by atoms with Crippen molar-refractivity contribution < 1.29 is 9.18 Å². The minimum Gasteiger partial charge on any atom is -0.345 e. The number of nitrogens with zero attached hydrogens (tertiary/aromatic N) is 3. The molecule has 1 saturated heterocycles. The van der Waals surface area contributed by atoms with E-state index in [1.807, 2.05) is 12.1 Å². The van der Waals surface area contributed by atoms with Crippen molar-refractivity contribution in [2.24, 2.45) is 0 Å². The number of piperazine rings is 1. The molecule has 0 unspecified atom stereocenters. The van der Waals surface area contributed by atoms with Crippen molar-refractivity contribution in [3.8, 4) is 0 Å². The van der Waals surface area contributed by atoms with Crippen LogP contribution in [0.2, 0.25) is 5.02 Å². The lowest BCUT2D eigenvalue weighted by Crippen LogP contribution is -2.49. The van der Waals surface area contributed by atoms with Gasteiger partial charge >= 0.3 is 0 Å². The molecule has 1 aliphatic rings. The molecular formula is C18H14BrClFN3OS. The van der Waals surface area contributed by atoms with E-state index in [1.165, 1.54) is 18.2 Å². The number of hydrogen-bond acceptors (Lipinski definition) is 4. The van der Waals surface area contributed by atoms with E-state index in [0.29, 0.717) is 26.2 Å². The van der Waals surface area contributed by atoms with Gasteiger partial charge in [-0.2, -0.15) is 0 Å². The Kier molecular flexibility index (Phi) is 4.86. The largest absolute Gasteiger partial charge is 0.345 e. The first-order valence-corrected chi connectivity index (χ1v) is 10.1. The van der Waals surface area contributed by atoms with Crippen molar-refractivity contribution in [3.63, 3.8) is 0 Å². The molecule has 4 nitrogen and oxygen atoms in total. The molecule has 1 aromatic heterocycles. The Balaban J connectivity index is 1.49. The van der Waals surface area contributed by atoms with E-state index in [4.69, 9.17) is 11.6 Å². The average molecular weight is 455 g/mol. The van der Waals surface area contributed by atoms with Gasteiger partial charge in [-0.1, -0.05) is 44.9 Å². The molecule has 2 aromatic carbocycles. The van der Waals surface area contributed by atoms with Crippen LogP contribution in [-0.2, 0) is 0 Å². The number of carbonyl (C=O) groups excluding carboxylic acids is 1. The lowest BCUT2D eigenvalue weighted by Gasteiger charge is -2.34. The van der Waals surface area contributed by atoms with Crippen LogP contribution in [-0.4, -0.2) is 42.0 Å². The van der Waals surface area contributed by atoms with Crippen molar-refractivity contribution >= 4 is 60.1 Å². The third-order valence-corrected chi connectivity index (χ3v) is 6.24. The first-order valence-electron chi connectivity index (χ1n) is 8.07. The fourth-order valence-electron chi connectivity index (χ4n) is 2.98. The quantitative estimate of drug-likeness (QED) is 0.557. The van der Waals surface area contributed by atoms with Crippen molar-refractivity contribution in [3.05, 3.63) is 57.3 Å². The Hall–Kier alpha value is -1.70. The second-order valence-electron chi connectivity index (χ2n) is 5.98. The number of anilines is 1. The maximum absolute atomic E-state index is 14.0. The zero-order valence-electron chi connectivity index (χ0n) is 13.6. The van der Waals surface area contributed by atoms with E-state index in [1.54, 1.807) is 16.2 Å². The molecule has 1 fully saturated rings. The number of rotatable bonds is 2. The smallest absolute Gasteiger partial charge is 0.258 e. The number of halogens is 3. The van der Waals surface area contributed by atoms with E-state index in [2.05, 4.69) is 31.9 Å². The molecule has 2 heterocycles. The Morgan fingerprint density at radius 3 is 2.69 bits per heavy atom. The molecule has 0 N–H and O–H groups in total. The standard InChI is InChI=1S/C18H14BrClFN3OS/c19-11-4-5-14-15(10-11)26-18(22-14)24-8-6-23(7-9-24)17(25)16-12(20)2-1-3-13(16)21/h1-5,10H,6-9H2. The molecule has 0 bridgehead atoms. The molecule has 26 heavy (non-hydrogen) atoms. The van der Waals surface area contributed by atoms with Gasteiger partial charge in [0.25, 0.3) is 5.91 Å². The van der Waals surface area contributed by atoms with Gasteiger partial charge in [0.1, 0.15) is 5.82 Å². The number of amides is 1. The summed E-state index contributed by atoms with van der Waals surface area (Å²) in [5, 5.41) is 1.09. The minimum absolute atomic E-state index is 0.0487. The van der Waals surface area contributed by atoms with Gasteiger partial charge in [0.2, 0.25) is 0 Å². The molecular weight excluding hydrogens is 441 g/mol. The van der Waals surface area contributed by atoms with Crippen LogP contribution in [0.25, 0.3) is 10.2 Å². The summed E-state index contributed by atoms with van der Waals surface area (Å²) >= 11 is 11.1. The first kappa shape index (κ1) is 17.7. The summed E-state index contributed by atoms with van der Waals surface area (Å²) in [4.78, 5) is 21.1. The highest BCUT2D eigenvalue weighted by Crippen LogP contribution is 2.31. The Morgan fingerprint density at radius 1 is 1.19 bits per heavy atom. The van der Waals surface area contributed by atoms with Crippen LogP contribution < -0.4 is 4.90 Å². The maximum Gasteiger partial charge on any atom is 0.258 e. The van der Waals surface area contributed by atoms with Crippen molar-refractivity contribution in [1.82, 2.24) is 9.88 Å². The van der Waals surface area contributed by atoms with Crippen molar-refractivity contribution in [2.75, 3.05) is 31.1 Å². The third kappa shape index (κ3) is 3.31. The molecule has 0 saturated carbocycles. The average Bonchev–Trinajstić information content (AvgIpc) is 3.04. The van der Waals surface area contributed by atoms with Gasteiger partial charge in [0, 0.05) is 30.7 Å². The lowest BCUT2D eigenvalue weighted by molar-refractivity contribution is 0.0742. The van der Waals surface area contributed by atoms with Crippen LogP contribution in [0.3, 0.4) is 0 Å². The maximum atomic E-state index is 14.0. The molecule has 0 atom stereocenters. The van der Waals surface area contributed by atoms with Crippen molar-refractivity contribution in [1.29, 1.82) is 0 Å².